The van der Waals surface area contributed by atoms with E-state index in [1.54, 1.807) is 37.3 Å². The minimum Gasteiger partial charge on any atom is -0.496 e. The Labute approximate surface area is 152 Å². The SMILES string of the molecule is CCC(=O)Nc1cccc(OC)c1COc1ccc(CC)cc1C(F)F. The molecule has 0 aliphatic rings. The van der Waals surface area contributed by atoms with Crippen molar-refractivity contribution in [1.82, 2.24) is 0 Å². The van der Waals surface area contributed by atoms with Crippen LogP contribution in [0.3, 0.4) is 0 Å². The molecule has 0 aromatic heterocycles. The molecule has 1 N–H and O–H groups in total. The molecular formula is C20H23F2NO3. The zero-order valence-electron chi connectivity index (χ0n) is 15.1. The minimum absolute atomic E-state index is 0.00542. The summed E-state index contributed by atoms with van der Waals surface area (Å²) in [6, 6.07) is 9.98. The van der Waals surface area contributed by atoms with Crippen molar-refractivity contribution in [1.29, 1.82) is 0 Å². The van der Waals surface area contributed by atoms with E-state index in [2.05, 4.69) is 5.32 Å². The van der Waals surface area contributed by atoms with Gasteiger partial charge in [-0.25, -0.2) is 8.78 Å². The highest BCUT2D eigenvalue weighted by atomic mass is 19.3. The Balaban J connectivity index is 2.30. The summed E-state index contributed by atoms with van der Waals surface area (Å²) >= 11 is 0. The van der Waals surface area contributed by atoms with E-state index in [1.807, 2.05) is 6.92 Å². The van der Waals surface area contributed by atoms with E-state index in [4.69, 9.17) is 9.47 Å². The molecule has 0 aliphatic heterocycles. The molecule has 2 rings (SSSR count). The second kappa shape index (κ2) is 9.17. The van der Waals surface area contributed by atoms with Gasteiger partial charge in [0.05, 0.1) is 23.9 Å². The number of anilines is 1. The molecule has 0 saturated heterocycles. The Bertz CT molecular complexity index is 763. The highest BCUT2D eigenvalue weighted by Gasteiger charge is 2.17. The van der Waals surface area contributed by atoms with Crippen molar-refractivity contribution < 1.29 is 23.0 Å². The van der Waals surface area contributed by atoms with Crippen LogP contribution in [0.4, 0.5) is 14.5 Å². The number of ether oxygens (including phenoxy) is 2. The average Bonchev–Trinajstić information content (AvgIpc) is 2.66. The molecule has 1 amide bonds. The summed E-state index contributed by atoms with van der Waals surface area (Å²) in [5, 5.41) is 2.78. The maximum atomic E-state index is 13.4. The predicted octanol–water partition coefficient (Wildman–Crippen LogP) is 5.12. The number of rotatable bonds is 8. The smallest absolute Gasteiger partial charge is 0.267 e. The van der Waals surface area contributed by atoms with Gasteiger partial charge in [0.15, 0.2) is 0 Å². The van der Waals surface area contributed by atoms with E-state index in [9.17, 15) is 13.6 Å². The van der Waals surface area contributed by atoms with Crippen LogP contribution in [-0.4, -0.2) is 13.0 Å². The Kier molecular flexibility index (Phi) is 6.95. The summed E-state index contributed by atoms with van der Waals surface area (Å²) in [6.45, 7) is 3.65. The first kappa shape index (κ1) is 19.7. The van der Waals surface area contributed by atoms with Gasteiger partial charge in [0.25, 0.3) is 6.43 Å². The van der Waals surface area contributed by atoms with Gasteiger partial charge >= 0.3 is 0 Å². The lowest BCUT2D eigenvalue weighted by atomic mass is 10.1. The number of alkyl halides is 2. The van der Waals surface area contributed by atoms with E-state index < -0.39 is 6.43 Å². The van der Waals surface area contributed by atoms with E-state index >= 15 is 0 Å². The number of carbonyl (C=O) groups excluding carboxylic acids is 1. The van der Waals surface area contributed by atoms with Gasteiger partial charge in [0.1, 0.15) is 18.1 Å². The van der Waals surface area contributed by atoms with Crippen LogP contribution in [-0.2, 0) is 17.8 Å². The Hall–Kier alpha value is -2.63. The zero-order valence-corrected chi connectivity index (χ0v) is 15.1. The molecule has 6 heteroatoms. The van der Waals surface area contributed by atoms with Gasteiger partial charge in [-0.2, -0.15) is 0 Å². The fraction of sp³-hybridized carbons (Fsp3) is 0.350. The predicted molar refractivity (Wildman–Crippen MR) is 97.0 cm³/mol. The topological polar surface area (TPSA) is 47.6 Å². The molecule has 0 saturated carbocycles. The number of halogens is 2. The van der Waals surface area contributed by atoms with Gasteiger partial charge in [-0.05, 0) is 36.2 Å². The van der Waals surface area contributed by atoms with Crippen LogP contribution in [0.5, 0.6) is 11.5 Å². The number of nitrogens with one attached hydrogen (secondary N) is 1. The lowest BCUT2D eigenvalue weighted by Gasteiger charge is -2.17. The molecule has 0 spiro atoms. The summed E-state index contributed by atoms with van der Waals surface area (Å²) < 4.78 is 37.7. The van der Waals surface area contributed by atoms with E-state index in [1.165, 1.54) is 13.2 Å². The first-order chi connectivity index (χ1) is 12.5. The number of aryl methyl sites for hydroxylation is 1. The molecule has 0 bridgehead atoms. The van der Waals surface area contributed by atoms with Crippen molar-refractivity contribution >= 4 is 11.6 Å². The number of hydrogen-bond acceptors (Lipinski definition) is 3. The van der Waals surface area contributed by atoms with E-state index in [-0.39, 0.29) is 23.8 Å². The average molecular weight is 363 g/mol. The molecule has 0 radical (unpaired) electrons. The third-order valence-electron chi connectivity index (χ3n) is 4.04. The quantitative estimate of drug-likeness (QED) is 0.708. The minimum atomic E-state index is -2.63. The lowest BCUT2D eigenvalue weighted by molar-refractivity contribution is -0.115. The molecule has 4 nitrogen and oxygen atoms in total. The Morgan fingerprint density at radius 2 is 1.92 bits per heavy atom. The molecule has 140 valence electrons. The van der Waals surface area contributed by atoms with Gasteiger partial charge in [0.2, 0.25) is 5.91 Å². The second-order valence-electron chi connectivity index (χ2n) is 5.70. The van der Waals surface area contributed by atoms with Crippen LogP contribution >= 0.6 is 0 Å². The van der Waals surface area contributed by atoms with Crippen LogP contribution in [0, 0.1) is 0 Å². The van der Waals surface area contributed by atoms with Crippen LogP contribution in [0.1, 0.15) is 43.4 Å². The summed E-state index contributed by atoms with van der Waals surface area (Å²) in [7, 11) is 1.50. The molecule has 0 heterocycles. The lowest BCUT2D eigenvalue weighted by Crippen LogP contribution is -2.13. The molecule has 0 unspecified atom stereocenters. The number of benzene rings is 2. The van der Waals surface area contributed by atoms with Crippen molar-refractivity contribution in [3.05, 3.63) is 53.1 Å². The molecule has 26 heavy (non-hydrogen) atoms. The molecule has 2 aromatic carbocycles. The van der Waals surface area contributed by atoms with Crippen molar-refractivity contribution in [3.63, 3.8) is 0 Å². The van der Waals surface area contributed by atoms with Crippen LogP contribution in [0.2, 0.25) is 0 Å². The first-order valence-corrected chi connectivity index (χ1v) is 8.49. The third kappa shape index (κ3) is 4.71. The van der Waals surface area contributed by atoms with Gasteiger partial charge in [-0.3, -0.25) is 4.79 Å². The fourth-order valence-corrected chi connectivity index (χ4v) is 2.53. The Morgan fingerprint density at radius 1 is 1.15 bits per heavy atom. The van der Waals surface area contributed by atoms with Gasteiger partial charge in [-0.1, -0.05) is 26.0 Å². The van der Waals surface area contributed by atoms with Crippen molar-refractivity contribution in [2.24, 2.45) is 0 Å². The second-order valence-corrected chi connectivity index (χ2v) is 5.70. The van der Waals surface area contributed by atoms with E-state index in [0.717, 1.165) is 5.56 Å². The molecular weight excluding hydrogens is 340 g/mol. The highest BCUT2D eigenvalue weighted by Crippen LogP contribution is 2.33. The van der Waals surface area contributed by atoms with Crippen LogP contribution < -0.4 is 14.8 Å². The molecule has 2 aromatic rings. The van der Waals surface area contributed by atoms with Crippen LogP contribution in [0.15, 0.2) is 36.4 Å². The van der Waals surface area contributed by atoms with Gasteiger partial charge in [-0.15, -0.1) is 0 Å². The summed E-state index contributed by atoms with van der Waals surface area (Å²) in [5.74, 6) is 0.485. The summed E-state index contributed by atoms with van der Waals surface area (Å²) in [6.07, 6.45) is -1.64. The number of methoxy groups -OCH3 is 1. The monoisotopic (exact) mass is 363 g/mol. The number of hydrogen-bond donors (Lipinski definition) is 1. The number of amides is 1. The van der Waals surface area contributed by atoms with Crippen molar-refractivity contribution in [3.8, 4) is 11.5 Å². The number of carbonyl (C=O) groups is 1. The van der Waals surface area contributed by atoms with Crippen molar-refractivity contribution in [2.75, 3.05) is 12.4 Å². The normalized spacial score (nSPS) is 10.7. The fourth-order valence-electron chi connectivity index (χ4n) is 2.53. The highest BCUT2D eigenvalue weighted by molar-refractivity contribution is 5.91. The third-order valence-corrected chi connectivity index (χ3v) is 4.04. The summed E-state index contributed by atoms with van der Waals surface area (Å²) in [5.41, 5.74) is 1.82. The largest absolute Gasteiger partial charge is 0.496 e. The maximum absolute atomic E-state index is 13.4. The van der Waals surface area contributed by atoms with Crippen LogP contribution in [0.25, 0.3) is 0 Å². The first-order valence-electron chi connectivity index (χ1n) is 8.49. The van der Waals surface area contributed by atoms with Gasteiger partial charge < -0.3 is 14.8 Å². The molecule has 0 atom stereocenters. The molecule has 0 fully saturated rings. The van der Waals surface area contributed by atoms with Gasteiger partial charge in [0, 0.05) is 6.42 Å². The Morgan fingerprint density at radius 3 is 2.54 bits per heavy atom. The standard InChI is InChI=1S/C20H23F2NO3/c1-4-13-9-10-18(14(11-13)20(21)22)26-12-15-16(23-19(24)5-2)7-6-8-17(15)25-3/h6-11,20H,4-5,12H2,1-3H3,(H,23,24). The summed E-state index contributed by atoms with van der Waals surface area (Å²) in [4.78, 5) is 11.7. The zero-order chi connectivity index (χ0) is 19.1. The maximum Gasteiger partial charge on any atom is 0.267 e. The van der Waals surface area contributed by atoms with Crippen molar-refractivity contribution in [2.45, 2.75) is 39.7 Å². The molecule has 0 aliphatic carbocycles. The van der Waals surface area contributed by atoms with E-state index in [0.29, 0.717) is 29.8 Å².